The molecule has 1 N–H and O–H groups in total. The zero-order valence-corrected chi connectivity index (χ0v) is 16.5. The lowest BCUT2D eigenvalue weighted by atomic mass is 10.1. The summed E-state index contributed by atoms with van der Waals surface area (Å²) in [6, 6.07) is 19.6. The molecule has 1 amide bonds. The van der Waals surface area contributed by atoms with Gasteiger partial charge in [-0.15, -0.1) is 0 Å². The van der Waals surface area contributed by atoms with Crippen LogP contribution in [0.15, 0.2) is 66.9 Å². The number of benzene rings is 2. The number of methoxy groups -OCH3 is 1. The van der Waals surface area contributed by atoms with Crippen molar-refractivity contribution < 1.29 is 9.53 Å². The lowest BCUT2D eigenvalue weighted by Gasteiger charge is -2.22. The highest BCUT2D eigenvalue weighted by molar-refractivity contribution is 5.92. The van der Waals surface area contributed by atoms with Gasteiger partial charge in [-0.25, -0.2) is 4.98 Å². The highest BCUT2D eigenvalue weighted by Gasteiger charge is 2.10. The van der Waals surface area contributed by atoms with Crippen LogP contribution in [0.5, 0.6) is 5.75 Å². The predicted octanol–water partition coefficient (Wildman–Crippen LogP) is 4.74. The summed E-state index contributed by atoms with van der Waals surface area (Å²) in [6.07, 6.45) is 2.00. The van der Waals surface area contributed by atoms with E-state index < -0.39 is 0 Å². The molecule has 0 aliphatic carbocycles. The molecule has 2 aromatic carbocycles. The van der Waals surface area contributed by atoms with E-state index in [0.717, 1.165) is 29.4 Å². The number of hydrogen-bond donors (Lipinski definition) is 1. The van der Waals surface area contributed by atoms with Gasteiger partial charge in [0, 0.05) is 12.2 Å². The van der Waals surface area contributed by atoms with E-state index >= 15 is 0 Å². The third kappa shape index (κ3) is 4.88. The second-order valence-corrected chi connectivity index (χ2v) is 6.56. The van der Waals surface area contributed by atoms with Crippen molar-refractivity contribution in [2.24, 2.45) is 0 Å². The smallest absolute Gasteiger partial charge is 0.228 e. The first-order valence-electron chi connectivity index (χ1n) is 9.32. The van der Waals surface area contributed by atoms with Crippen LogP contribution < -0.4 is 15.0 Å². The summed E-state index contributed by atoms with van der Waals surface area (Å²) < 4.78 is 5.14. The summed E-state index contributed by atoms with van der Waals surface area (Å²) in [4.78, 5) is 19.0. The number of pyridine rings is 1. The number of anilines is 3. The minimum Gasteiger partial charge on any atom is -0.497 e. The van der Waals surface area contributed by atoms with E-state index in [4.69, 9.17) is 4.74 Å². The summed E-state index contributed by atoms with van der Waals surface area (Å²) in [5, 5.41) is 2.90. The zero-order chi connectivity index (χ0) is 19.9. The molecule has 0 atom stereocenters. The predicted molar refractivity (Wildman–Crippen MR) is 113 cm³/mol. The second kappa shape index (κ2) is 9.04. The van der Waals surface area contributed by atoms with E-state index in [9.17, 15) is 4.79 Å². The molecule has 1 heterocycles. The highest BCUT2D eigenvalue weighted by Crippen LogP contribution is 2.25. The fourth-order valence-electron chi connectivity index (χ4n) is 3.03. The van der Waals surface area contributed by atoms with Gasteiger partial charge >= 0.3 is 0 Å². The first-order valence-corrected chi connectivity index (χ1v) is 9.32. The molecule has 28 heavy (non-hydrogen) atoms. The van der Waals surface area contributed by atoms with E-state index in [-0.39, 0.29) is 5.91 Å². The van der Waals surface area contributed by atoms with Crippen molar-refractivity contribution in [2.75, 3.05) is 23.9 Å². The molecule has 144 valence electrons. The van der Waals surface area contributed by atoms with Gasteiger partial charge in [0.25, 0.3) is 0 Å². The van der Waals surface area contributed by atoms with Crippen molar-refractivity contribution in [2.45, 2.75) is 20.3 Å². The standard InChI is InChI=1S/C23H25N3O2/c1-4-26(20-7-5-6-17(2)14-20)22-13-10-19(16-24-22)25-23(27)15-18-8-11-21(28-3)12-9-18/h5-14,16H,4,15H2,1-3H3,(H,25,27). The Balaban J connectivity index is 1.65. The molecular formula is C23H25N3O2. The van der Waals surface area contributed by atoms with Crippen molar-refractivity contribution in [3.8, 4) is 5.75 Å². The second-order valence-electron chi connectivity index (χ2n) is 6.56. The lowest BCUT2D eigenvalue weighted by Crippen LogP contribution is -2.18. The van der Waals surface area contributed by atoms with Crippen LogP contribution in [0.25, 0.3) is 0 Å². The molecule has 0 aliphatic heterocycles. The SMILES string of the molecule is CCN(c1cccc(C)c1)c1ccc(NC(=O)Cc2ccc(OC)cc2)cn1. The zero-order valence-electron chi connectivity index (χ0n) is 16.5. The number of nitrogens with zero attached hydrogens (tertiary/aromatic N) is 2. The van der Waals surface area contributed by atoms with E-state index in [1.54, 1.807) is 13.3 Å². The molecule has 0 saturated carbocycles. The van der Waals surface area contributed by atoms with Crippen molar-refractivity contribution in [3.05, 3.63) is 78.0 Å². The molecule has 3 aromatic rings. The summed E-state index contributed by atoms with van der Waals surface area (Å²) in [6.45, 7) is 4.97. The van der Waals surface area contributed by atoms with E-state index in [0.29, 0.717) is 12.1 Å². The third-order valence-electron chi connectivity index (χ3n) is 4.46. The summed E-state index contributed by atoms with van der Waals surface area (Å²) in [5.41, 5.74) is 3.92. The molecule has 0 radical (unpaired) electrons. The number of nitrogens with one attached hydrogen (secondary N) is 1. The van der Waals surface area contributed by atoms with Gasteiger partial charge in [-0.3, -0.25) is 4.79 Å². The molecule has 0 aliphatic rings. The number of carbonyl (C=O) groups excluding carboxylic acids is 1. The molecule has 0 unspecified atom stereocenters. The largest absolute Gasteiger partial charge is 0.497 e. The van der Waals surface area contributed by atoms with Gasteiger partial charge in [0.1, 0.15) is 11.6 Å². The van der Waals surface area contributed by atoms with Gasteiger partial charge in [-0.05, 0) is 61.4 Å². The molecule has 0 bridgehead atoms. The monoisotopic (exact) mass is 375 g/mol. The normalized spacial score (nSPS) is 10.4. The molecule has 0 fully saturated rings. The number of hydrogen-bond acceptors (Lipinski definition) is 4. The number of amides is 1. The van der Waals surface area contributed by atoms with Crippen LogP contribution in [-0.4, -0.2) is 24.5 Å². The third-order valence-corrected chi connectivity index (χ3v) is 4.46. The van der Waals surface area contributed by atoms with Crippen LogP contribution in [0.2, 0.25) is 0 Å². The van der Waals surface area contributed by atoms with Crippen molar-refractivity contribution in [1.29, 1.82) is 0 Å². The van der Waals surface area contributed by atoms with Gasteiger partial charge in [-0.1, -0.05) is 24.3 Å². The number of aromatic nitrogens is 1. The molecular weight excluding hydrogens is 350 g/mol. The molecule has 5 heteroatoms. The van der Waals surface area contributed by atoms with Gasteiger partial charge in [0.2, 0.25) is 5.91 Å². The first kappa shape index (κ1) is 19.4. The fourth-order valence-corrected chi connectivity index (χ4v) is 3.03. The maximum absolute atomic E-state index is 12.3. The minimum absolute atomic E-state index is 0.0780. The molecule has 1 aromatic heterocycles. The molecule has 0 spiro atoms. The van der Waals surface area contributed by atoms with Gasteiger partial charge < -0.3 is 15.0 Å². The van der Waals surface area contributed by atoms with Gasteiger partial charge in [-0.2, -0.15) is 0 Å². The molecule has 5 nitrogen and oxygen atoms in total. The van der Waals surface area contributed by atoms with Crippen molar-refractivity contribution in [3.63, 3.8) is 0 Å². The van der Waals surface area contributed by atoms with E-state index in [2.05, 4.69) is 47.2 Å². The number of rotatable bonds is 7. The Bertz CT molecular complexity index is 921. The number of aryl methyl sites for hydroxylation is 1. The molecule has 3 rings (SSSR count). The van der Waals surface area contributed by atoms with Gasteiger partial charge in [0.15, 0.2) is 0 Å². The van der Waals surface area contributed by atoms with E-state index in [1.807, 2.05) is 42.5 Å². The maximum Gasteiger partial charge on any atom is 0.228 e. The number of ether oxygens (including phenoxy) is 1. The van der Waals surface area contributed by atoms with Crippen LogP contribution in [-0.2, 0) is 11.2 Å². The topological polar surface area (TPSA) is 54.5 Å². The number of carbonyl (C=O) groups is 1. The average molecular weight is 375 g/mol. The fraction of sp³-hybridized carbons (Fsp3) is 0.217. The van der Waals surface area contributed by atoms with Crippen molar-refractivity contribution >= 4 is 23.1 Å². The van der Waals surface area contributed by atoms with Crippen molar-refractivity contribution in [1.82, 2.24) is 4.98 Å². The Morgan fingerprint density at radius 2 is 1.89 bits per heavy atom. The van der Waals surface area contributed by atoms with Crippen LogP contribution in [0.4, 0.5) is 17.2 Å². The maximum atomic E-state index is 12.3. The van der Waals surface area contributed by atoms with Crippen LogP contribution in [0.1, 0.15) is 18.1 Å². The summed E-state index contributed by atoms with van der Waals surface area (Å²) in [7, 11) is 1.62. The quantitative estimate of drug-likeness (QED) is 0.648. The van der Waals surface area contributed by atoms with Crippen LogP contribution >= 0.6 is 0 Å². The first-order chi connectivity index (χ1) is 13.6. The summed E-state index contributed by atoms with van der Waals surface area (Å²) in [5.74, 6) is 1.55. The molecule has 0 saturated heterocycles. The minimum atomic E-state index is -0.0780. The van der Waals surface area contributed by atoms with Crippen LogP contribution in [0, 0.1) is 6.92 Å². The lowest BCUT2D eigenvalue weighted by molar-refractivity contribution is -0.115. The highest BCUT2D eigenvalue weighted by atomic mass is 16.5. The Labute approximate surface area is 166 Å². The Morgan fingerprint density at radius 1 is 1.11 bits per heavy atom. The van der Waals surface area contributed by atoms with E-state index in [1.165, 1.54) is 5.56 Å². The Kier molecular flexibility index (Phi) is 6.27. The van der Waals surface area contributed by atoms with Gasteiger partial charge in [0.05, 0.1) is 25.4 Å². The summed E-state index contributed by atoms with van der Waals surface area (Å²) >= 11 is 0. The van der Waals surface area contributed by atoms with Crippen LogP contribution in [0.3, 0.4) is 0 Å². The Morgan fingerprint density at radius 3 is 2.50 bits per heavy atom. The average Bonchev–Trinajstić information content (AvgIpc) is 2.70. The Hall–Kier alpha value is -3.34.